The number of carbonyl (C=O) groups excluding carboxylic acids is 1. The van der Waals surface area contributed by atoms with Gasteiger partial charge >= 0.3 is 12.2 Å². The van der Waals surface area contributed by atoms with Crippen LogP contribution in [0, 0.1) is 5.41 Å². The molecule has 0 rings (SSSR count). The van der Waals surface area contributed by atoms with Crippen molar-refractivity contribution in [1.82, 2.24) is 4.90 Å². The van der Waals surface area contributed by atoms with Gasteiger partial charge in [0.25, 0.3) is 0 Å². The van der Waals surface area contributed by atoms with Crippen molar-refractivity contribution in [3.8, 4) is 0 Å². The van der Waals surface area contributed by atoms with Crippen molar-refractivity contribution in [3.05, 3.63) is 11.8 Å². The summed E-state index contributed by atoms with van der Waals surface area (Å²) >= 11 is 0. The summed E-state index contributed by atoms with van der Waals surface area (Å²) in [5.41, 5.74) is -0.845. The number of aliphatic hydroxyl groups excluding tert-OH is 1. The second-order valence-corrected chi connectivity index (χ2v) is 4.93. The summed E-state index contributed by atoms with van der Waals surface area (Å²) in [6.07, 6.45) is -4.61. The van der Waals surface area contributed by atoms with Gasteiger partial charge in [-0.05, 0) is 19.3 Å². The zero-order chi connectivity index (χ0) is 14.5. The van der Waals surface area contributed by atoms with Crippen molar-refractivity contribution in [2.75, 3.05) is 13.1 Å². The Morgan fingerprint density at radius 3 is 2.00 bits per heavy atom. The molecule has 18 heavy (non-hydrogen) atoms. The van der Waals surface area contributed by atoms with Gasteiger partial charge in [-0.15, -0.1) is 0 Å². The van der Waals surface area contributed by atoms with Crippen LogP contribution in [0.4, 0.5) is 13.6 Å². The van der Waals surface area contributed by atoms with Gasteiger partial charge in [0.05, 0.1) is 0 Å². The van der Waals surface area contributed by atoms with Crippen LogP contribution in [0.2, 0.25) is 0 Å². The Morgan fingerprint density at radius 1 is 1.28 bits per heavy atom. The molecule has 0 radical (unpaired) electrons. The summed E-state index contributed by atoms with van der Waals surface area (Å²) in [5.74, 6) is -0.973. The van der Waals surface area contributed by atoms with E-state index in [1.807, 2.05) is 0 Å². The third-order valence-electron chi connectivity index (χ3n) is 2.47. The predicted molar refractivity (Wildman–Crippen MR) is 64.1 cm³/mol. The monoisotopic (exact) mass is 265 g/mol. The van der Waals surface area contributed by atoms with E-state index in [0.717, 1.165) is 0 Å². The molecule has 0 bridgehead atoms. The second-order valence-electron chi connectivity index (χ2n) is 4.93. The van der Waals surface area contributed by atoms with Crippen LogP contribution in [0.25, 0.3) is 0 Å². The number of rotatable bonds is 4. The Bertz CT molecular complexity index is 316. The van der Waals surface area contributed by atoms with Gasteiger partial charge in [0.2, 0.25) is 5.76 Å². The first-order valence-corrected chi connectivity index (χ1v) is 5.85. The molecule has 0 aromatic carbocycles. The Kier molecular flexibility index (Phi) is 6.25. The van der Waals surface area contributed by atoms with Crippen molar-refractivity contribution in [2.45, 2.75) is 40.7 Å². The Balaban J connectivity index is 5.00. The number of hydrogen-bond acceptors (Lipinski definition) is 3. The molecule has 0 spiro atoms. The second kappa shape index (κ2) is 6.68. The van der Waals surface area contributed by atoms with Crippen molar-refractivity contribution < 1.29 is 23.4 Å². The lowest BCUT2D eigenvalue weighted by molar-refractivity contribution is 0.0305. The molecule has 1 atom stereocenters. The van der Waals surface area contributed by atoms with Crippen LogP contribution in [-0.2, 0) is 4.74 Å². The minimum absolute atomic E-state index is 0.349. The number of hydrogen-bond donors (Lipinski definition) is 1. The van der Waals surface area contributed by atoms with Crippen LogP contribution in [0.5, 0.6) is 0 Å². The van der Waals surface area contributed by atoms with Gasteiger partial charge in [-0.2, -0.15) is 8.78 Å². The zero-order valence-corrected chi connectivity index (χ0v) is 11.5. The summed E-state index contributed by atoms with van der Waals surface area (Å²) in [5, 5.41) is 9.76. The van der Waals surface area contributed by atoms with Crippen LogP contribution >= 0.6 is 0 Å². The molecule has 0 fully saturated rings. The van der Waals surface area contributed by atoms with Gasteiger partial charge in [-0.3, -0.25) is 0 Å². The van der Waals surface area contributed by atoms with Crippen molar-refractivity contribution >= 4 is 6.09 Å². The van der Waals surface area contributed by atoms with Crippen LogP contribution in [0.1, 0.15) is 34.6 Å². The first-order valence-electron chi connectivity index (χ1n) is 5.85. The molecule has 1 N–H and O–H groups in total. The van der Waals surface area contributed by atoms with E-state index in [9.17, 15) is 18.7 Å². The molecule has 0 aliphatic carbocycles. The lowest BCUT2D eigenvalue weighted by atomic mass is 9.88. The highest BCUT2D eigenvalue weighted by Gasteiger charge is 2.33. The SMILES string of the molecule is CCN(CC)C(=O)OC(=C(F)F)C(O)C(C)(C)C. The van der Waals surface area contributed by atoms with Gasteiger partial charge in [0.1, 0.15) is 6.10 Å². The molecule has 4 nitrogen and oxygen atoms in total. The highest BCUT2D eigenvalue weighted by Crippen LogP contribution is 2.28. The van der Waals surface area contributed by atoms with Crippen molar-refractivity contribution in [1.29, 1.82) is 0 Å². The van der Waals surface area contributed by atoms with E-state index < -0.39 is 29.5 Å². The number of halogens is 2. The number of ether oxygens (including phenoxy) is 1. The molecule has 0 saturated carbocycles. The largest absolute Gasteiger partial charge is 0.415 e. The molecular formula is C12H21F2NO3. The highest BCUT2D eigenvalue weighted by atomic mass is 19.3. The van der Waals surface area contributed by atoms with Gasteiger partial charge in [-0.25, -0.2) is 4.79 Å². The average Bonchev–Trinajstić information content (AvgIpc) is 2.24. The van der Waals surface area contributed by atoms with Gasteiger partial charge in [0.15, 0.2) is 0 Å². The summed E-state index contributed by atoms with van der Waals surface area (Å²) in [6, 6.07) is 0. The van der Waals surface area contributed by atoms with Crippen LogP contribution < -0.4 is 0 Å². The average molecular weight is 265 g/mol. The van der Waals surface area contributed by atoms with E-state index in [1.54, 1.807) is 34.6 Å². The molecule has 0 heterocycles. The lowest BCUT2D eigenvalue weighted by Gasteiger charge is -2.28. The zero-order valence-electron chi connectivity index (χ0n) is 11.5. The molecule has 1 unspecified atom stereocenters. The van der Waals surface area contributed by atoms with Crippen LogP contribution in [0.15, 0.2) is 11.8 Å². The van der Waals surface area contributed by atoms with E-state index in [1.165, 1.54) is 4.90 Å². The first-order chi connectivity index (χ1) is 8.15. The summed E-state index contributed by atoms with van der Waals surface area (Å²) < 4.78 is 30.1. The first kappa shape index (κ1) is 16.8. The number of carbonyl (C=O) groups is 1. The lowest BCUT2D eigenvalue weighted by Crippen LogP contribution is -2.35. The van der Waals surface area contributed by atoms with Crippen molar-refractivity contribution in [2.24, 2.45) is 5.41 Å². The minimum Gasteiger partial charge on any atom is -0.406 e. The minimum atomic E-state index is -2.18. The quantitative estimate of drug-likeness (QED) is 0.795. The van der Waals surface area contributed by atoms with Crippen molar-refractivity contribution in [3.63, 3.8) is 0 Å². The maximum Gasteiger partial charge on any atom is 0.415 e. The molecule has 0 aliphatic rings. The summed E-state index contributed by atoms with van der Waals surface area (Å²) in [6.45, 7) is 8.84. The third-order valence-corrected chi connectivity index (χ3v) is 2.47. The molecule has 0 aromatic rings. The Labute approximate surface area is 106 Å². The molecule has 0 aliphatic heterocycles. The molecule has 0 saturated heterocycles. The van der Waals surface area contributed by atoms with E-state index in [4.69, 9.17) is 0 Å². The molecule has 1 amide bonds. The molecule has 106 valence electrons. The normalized spacial score (nSPS) is 12.9. The number of aliphatic hydroxyl groups is 1. The maximum absolute atomic E-state index is 12.7. The standard InChI is InChI=1S/C12H21F2NO3/c1-6-15(7-2)11(17)18-8(10(13)14)9(16)12(3,4)5/h9,16H,6-7H2,1-5H3. The third kappa shape index (κ3) is 4.60. The van der Waals surface area contributed by atoms with Gasteiger partial charge < -0.3 is 14.7 Å². The van der Waals surface area contributed by atoms with E-state index in [2.05, 4.69) is 4.74 Å². The van der Waals surface area contributed by atoms with Gasteiger partial charge in [0, 0.05) is 13.1 Å². The summed E-state index contributed by atoms with van der Waals surface area (Å²) in [7, 11) is 0. The molecular weight excluding hydrogens is 244 g/mol. The Morgan fingerprint density at radius 2 is 1.72 bits per heavy atom. The molecule has 0 aromatic heterocycles. The number of nitrogens with zero attached hydrogens (tertiary/aromatic N) is 1. The van der Waals surface area contributed by atoms with E-state index in [-0.39, 0.29) is 0 Å². The summed E-state index contributed by atoms with van der Waals surface area (Å²) in [4.78, 5) is 12.8. The fraction of sp³-hybridized carbons (Fsp3) is 0.750. The topological polar surface area (TPSA) is 49.8 Å². The smallest absolute Gasteiger partial charge is 0.406 e. The van der Waals surface area contributed by atoms with Crippen LogP contribution in [-0.4, -0.2) is 35.3 Å². The fourth-order valence-electron chi connectivity index (χ4n) is 1.23. The number of amides is 1. The van der Waals surface area contributed by atoms with Crippen LogP contribution in [0.3, 0.4) is 0 Å². The van der Waals surface area contributed by atoms with E-state index >= 15 is 0 Å². The maximum atomic E-state index is 12.7. The Hall–Kier alpha value is -1.17. The van der Waals surface area contributed by atoms with Gasteiger partial charge in [-0.1, -0.05) is 20.8 Å². The fourth-order valence-corrected chi connectivity index (χ4v) is 1.23. The van der Waals surface area contributed by atoms with E-state index in [0.29, 0.717) is 13.1 Å². The highest BCUT2D eigenvalue weighted by molar-refractivity contribution is 5.68. The molecule has 6 heteroatoms. The predicted octanol–water partition coefficient (Wildman–Crippen LogP) is 2.98.